The number of nitrogens with zero attached hydrogens (tertiary/aromatic N) is 3. The normalized spacial score (nSPS) is 26.8. The summed E-state index contributed by atoms with van der Waals surface area (Å²) in [6.45, 7) is 1.97. The van der Waals surface area contributed by atoms with Gasteiger partial charge in [0.05, 0.1) is 11.3 Å². The fourth-order valence-corrected chi connectivity index (χ4v) is 5.62. The van der Waals surface area contributed by atoms with Crippen molar-refractivity contribution in [3.05, 3.63) is 34.5 Å². The molecule has 2 amide bonds. The molecule has 3 aliphatic heterocycles. The summed E-state index contributed by atoms with van der Waals surface area (Å²) in [6.07, 6.45) is 3.74. The number of oxime groups is 1. The van der Waals surface area contributed by atoms with Crippen LogP contribution in [0.3, 0.4) is 0 Å². The van der Waals surface area contributed by atoms with Gasteiger partial charge in [0.1, 0.15) is 18.0 Å². The first-order valence-corrected chi connectivity index (χ1v) is 12.3. The first kappa shape index (κ1) is 24.2. The van der Waals surface area contributed by atoms with Gasteiger partial charge in [0.15, 0.2) is 23.4 Å². The quantitative estimate of drug-likeness (QED) is 0.135. The maximum Gasteiger partial charge on any atom is 0.352 e. The second kappa shape index (κ2) is 10.1. The van der Waals surface area contributed by atoms with Crippen LogP contribution in [0.5, 0.6) is 0 Å². The fourth-order valence-electron chi connectivity index (χ4n) is 3.68. The number of rotatable bonds is 10. The minimum absolute atomic E-state index is 0.0347. The number of thioether (sulfide) groups is 1. The summed E-state index contributed by atoms with van der Waals surface area (Å²) < 4.78 is 11.3. The zero-order chi connectivity index (χ0) is 24.4. The lowest BCUT2D eigenvalue weighted by Crippen LogP contribution is -2.62. The predicted molar refractivity (Wildman–Crippen MR) is 123 cm³/mol. The maximum absolute atomic E-state index is 12.7. The summed E-state index contributed by atoms with van der Waals surface area (Å²) in [5.41, 5.74) is 11.3. The van der Waals surface area contributed by atoms with Crippen LogP contribution in [0, 0.1) is 5.92 Å². The molecule has 182 valence electrons. The van der Waals surface area contributed by atoms with E-state index >= 15 is 0 Å². The van der Waals surface area contributed by atoms with Crippen molar-refractivity contribution in [2.45, 2.75) is 37.7 Å². The molecule has 0 saturated carbocycles. The second-order valence-electron chi connectivity index (χ2n) is 7.54. The molecule has 2 fully saturated rings. The Morgan fingerprint density at radius 1 is 1.44 bits per heavy atom. The van der Waals surface area contributed by atoms with E-state index < -0.39 is 24.1 Å². The lowest BCUT2D eigenvalue weighted by molar-refractivity contribution is -0.369. The van der Waals surface area contributed by atoms with Gasteiger partial charge in [-0.3, -0.25) is 14.5 Å². The van der Waals surface area contributed by atoms with Crippen LogP contribution in [-0.2, 0) is 28.7 Å². The van der Waals surface area contributed by atoms with Gasteiger partial charge in [0, 0.05) is 16.7 Å². The van der Waals surface area contributed by atoms with E-state index in [0.29, 0.717) is 11.3 Å². The summed E-state index contributed by atoms with van der Waals surface area (Å²) in [4.78, 5) is 46.6. The Hall–Kier alpha value is -2.94. The zero-order valence-corrected chi connectivity index (χ0v) is 19.7. The van der Waals surface area contributed by atoms with Crippen LogP contribution >= 0.6 is 23.1 Å². The number of aliphatic carboxylic acids is 1. The molecule has 4 rings (SSSR count). The zero-order valence-electron chi connectivity index (χ0n) is 18.1. The van der Waals surface area contributed by atoms with Gasteiger partial charge in [-0.1, -0.05) is 24.6 Å². The van der Waals surface area contributed by atoms with Gasteiger partial charge in [0.25, 0.3) is 5.91 Å². The van der Waals surface area contributed by atoms with Gasteiger partial charge in [-0.25, -0.2) is 9.78 Å². The highest BCUT2D eigenvalue weighted by Crippen LogP contribution is 2.46. The number of carboxylic acid groups (broad SMARTS) is 1. The Bertz CT molecular complexity index is 1080. The topological polar surface area (TPSA) is 180 Å². The molecule has 12 nitrogen and oxygen atoms in total. The third kappa shape index (κ3) is 4.66. The lowest BCUT2D eigenvalue weighted by Gasteiger charge is -2.50. The van der Waals surface area contributed by atoms with E-state index in [1.54, 1.807) is 12.2 Å². The number of fused-ring (bicyclic) bond motifs is 1. The van der Waals surface area contributed by atoms with Crippen LogP contribution in [0.25, 0.3) is 0 Å². The predicted octanol–water partition coefficient (Wildman–Crippen LogP) is 0.857. The van der Waals surface area contributed by atoms with E-state index in [9.17, 15) is 19.5 Å². The van der Waals surface area contributed by atoms with Crippen LogP contribution in [0.1, 0.15) is 25.5 Å². The Morgan fingerprint density at radius 3 is 2.82 bits per heavy atom. The molecular weight excluding hydrogens is 486 g/mol. The van der Waals surface area contributed by atoms with Crippen molar-refractivity contribution in [2.75, 3.05) is 18.1 Å². The van der Waals surface area contributed by atoms with E-state index in [-0.39, 0.29) is 46.4 Å². The number of hydrogen-bond acceptors (Lipinski definition) is 11. The number of anilines is 1. The van der Waals surface area contributed by atoms with Crippen LogP contribution < -0.4 is 11.5 Å². The highest BCUT2D eigenvalue weighted by Gasteiger charge is 2.54. The number of primary amides is 1. The number of nitrogen functional groups attached to an aromatic ring is 1. The van der Waals surface area contributed by atoms with Crippen molar-refractivity contribution < 1.29 is 33.8 Å². The summed E-state index contributed by atoms with van der Waals surface area (Å²) in [7, 11) is 0. The van der Waals surface area contributed by atoms with Gasteiger partial charge in [-0.15, -0.1) is 23.1 Å². The average Bonchev–Trinajstić information content (AvgIpc) is 3.19. The van der Waals surface area contributed by atoms with Gasteiger partial charge >= 0.3 is 5.97 Å². The van der Waals surface area contributed by atoms with Gasteiger partial charge < -0.3 is 30.9 Å². The molecule has 5 N–H and O–H groups in total. The number of thiazole rings is 1. The van der Waals surface area contributed by atoms with Gasteiger partial charge in [0.2, 0.25) is 5.91 Å². The standard InChI is InChI=1S/C20H23N5O7S2/c1-2-4-12-31-19(32-12)10-7-33-17-9(16(27)25(17)14(10)18(28)29)5-3-6-30-24-13(15(21)26)11-8-34-20(22)23-11/h3,5,8-9,12,17,19H,2,4,6-7H2,1H3,(H2,21,26)(H2,22,23)(H,28,29)/b5-3?,24-13-/t9-,12?,17+,19?/m1/s1. The first-order chi connectivity index (χ1) is 16.3. The van der Waals surface area contributed by atoms with Crippen LogP contribution in [0.15, 0.2) is 34.0 Å². The van der Waals surface area contributed by atoms with Crippen LogP contribution in [0.4, 0.5) is 5.13 Å². The number of amides is 2. The molecule has 4 heterocycles. The maximum atomic E-state index is 12.7. The second-order valence-corrected chi connectivity index (χ2v) is 9.53. The summed E-state index contributed by atoms with van der Waals surface area (Å²) >= 11 is 2.58. The molecule has 0 unspecified atom stereocenters. The minimum Gasteiger partial charge on any atom is -0.477 e. The number of nitrogens with two attached hydrogens (primary N) is 2. The van der Waals surface area contributed by atoms with Crippen molar-refractivity contribution in [2.24, 2.45) is 16.8 Å². The Balaban J connectivity index is 1.36. The van der Waals surface area contributed by atoms with E-state index in [1.165, 1.54) is 22.0 Å². The molecule has 0 spiro atoms. The van der Waals surface area contributed by atoms with E-state index in [2.05, 4.69) is 10.1 Å². The summed E-state index contributed by atoms with van der Waals surface area (Å²) in [5, 5.41) is 14.9. The van der Waals surface area contributed by atoms with Crippen molar-refractivity contribution in [1.29, 1.82) is 0 Å². The number of hydrogen-bond donors (Lipinski definition) is 3. The molecule has 3 aliphatic rings. The largest absolute Gasteiger partial charge is 0.477 e. The van der Waals surface area contributed by atoms with Gasteiger partial charge in [-0.2, -0.15) is 0 Å². The van der Waals surface area contributed by atoms with Gasteiger partial charge in [-0.05, 0) is 12.5 Å². The van der Waals surface area contributed by atoms with Crippen molar-refractivity contribution in [3.8, 4) is 0 Å². The lowest BCUT2D eigenvalue weighted by atomic mass is 9.94. The first-order valence-electron chi connectivity index (χ1n) is 10.4. The van der Waals surface area contributed by atoms with E-state index in [1.807, 2.05) is 6.92 Å². The molecule has 2 saturated heterocycles. The van der Waals surface area contributed by atoms with E-state index in [0.717, 1.165) is 24.2 Å². The smallest absolute Gasteiger partial charge is 0.352 e. The van der Waals surface area contributed by atoms with Crippen molar-refractivity contribution in [3.63, 3.8) is 0 Å². The van der Waals surface area contributed by atoms with Crippen molar-refractivity contribution in [1.82, 2.24) is 9.88 Å². The number of aromatic nitrogens is 1. The number of carboxylic acids is 1. The molecule has 1 aromatic rings. The minimum atomic E-state index is -1.19. The summed E-state index contributed by atoms with van der Waals surface area (Å²) in [5.74, 6) is -2.49. The fraction of sp³-hybridized carbons (Fsp3) is 0.450. The summed E-state index contributed by atoms with van der Waals surface area (Å²) in [6, 6.07) is 0. The Labute approximate surface area is 202 Å². The Morgan fingerprint density at radius 2 is 2.21 bits per heavy atom. The third-order valence-corrected chi connectivity index (χ3v) is 7.27. The average molecular weight is 510 g/mol. The van der Waals surface area contributed by atoms with Crippen molar-refractivity contribution >= 4 is 51.7 Å². The third-order valence-electron chi connectivity index (χ3n) is 5.27. The van der Waals surface area contributed by atoms with Crippen LogP contribution in [0.2, 0.25) is 0 Å². The van der Waals surface area contributed by atoms with E-state index in [4.69, 9.17) is 25.8 Å². The number of carbonyl (C=O) groups excluding carboxylic acids is 2. The number of β-lactam (4-membered cyclic amide) rings is 1. The SMILES string of the molecule is CCCC1OC(C2=C(C(=O)O)N3C(=O)[C@@H](C=CCO/N=C(\C(N)=O)c4csc(N)n4)[C@@H]3SC2)O1. The highest BCUT2D eigenvalue weighted by atomic mass is 32.2. The molecule has 1 aromatic heterocycles. The highest BCUT2D eigenvalue weighted by molar-refractivity contribution is 8.00. The van der Waals surface area contributed by atoms with Crippen LogP contribution in [-0.4, -0.2) is 68.8 Å². The molecule has 34 heavy (non-hydrogen) atoms. The number of carbonyl (C=O) groups is 3. The molecule has 0 radical (unpaired) electrons. The monoisotopic (exact) mass is 509 g/mol. The molecule has 0 aromatic carbocycles. The molecule has 14 heteroatoms. The molecule has 2 atom stereocenters. The Kier molecular flexibility index (Phi) is 7.21. The molecular formula is C20H23N5O7S2. The number of ether oxygens (including phenoxy) is 2. The molecule has 0 bridgehead atoms. The molecule has 0 aliphatic carbocycles.